The quantitative estimate of drug-likeness (QED) is 0.127. The molecule has 3 rings (SSSR count). The minimum atomic E-state index is -2.17. The van der Waals surface area contributed by atoms with E-state index in [1.54, 1.807) is 0 Å². The van der Waals surface area contributed by atoms with Crippen molar-refractivity contribution in [3.05, 3.63) is 12.7 Å². The lowest BCUT2D eigenvalue weighted by Crippen LogP contribution is -2.63. The highest BCUT2D eigenvalue weighted by Crippen LogP contribution is 2.68. The number of ketones is 1. The molecule has 0 heterocycles. The number of esters is 1. The number of hydrogen-bond acceptors (Lipinski definition) is 10. The van der Waals surface area contributed by atoms with E-state index in [1.807, 2.05) is 40.7 Å². The maximum atomic E-state index is 13.5. The maximum Gasteiger partial charge on any atom is 0.631 e. The second kappa shape index (κ2) is 14.3. The first-order chi connectivity index (χ1) is 19.7. The molecule has 0 saturated heterocycles. The highest BCUT2D eigenvalue weighted by atomic mass is 32.2. The SMILES string of the molecule is C=C[C@]1(C)C[C@@H](OC(=O)CSC(C)(C)CNC(=O)[C@H](N)C(C)C)[C@]2(C)[C@H](C)CC[C@]3(CCC(=O)[C@H]32)[C@@H](C)[C@@H]1O.OB(O)O. The third kappa shape index (κ3) is 8.05. The summed E-state index contributed by atoms with van der Waals surface area (Å²) in [6, 6.07) is -0.573. The zero-order valence-electron chi connectivity index (χ0n) is 27.3. The molecular weight excluding hydrogens is 571 g/mol. The molecule has 10 nitrogen and oxygen atoms in total. The van der Waals surface area contributed by atoms with Gasteiger partial charge in [0.15, 0.2) is 0 Å². The molecule has 1 amide bonds. The Bertz CT molecular complexity index is 1020. The second-order valence-electron chi connectivity index (χ2n) is 14.4. The van der Waals surface area contributed by atoms with Gasteiger partial charge in [-0.1, -0.05) is 47.6 Å². The molecule has 3 aliphatic rings. The minimum Gasteiger partial charge on any atom is -0.461 e. The summed E-state index contributed by atoms with van der Waals surface area (Å²) in [4.78, 5) is 39.2. The molecule has 3 aliphatic carbocycles. The number of rotatable bonds is 9. The summed E-state index contributed by atoms with van der Waals surface area (Å²) < 4.78 is 5.92. The summed E-state index contributed by atoms with van der Waals surface area (Å²) in [7, 11) is -2.17. The van der Waals surface area contributed by atoms with Gasteiger partial charge in [-0.15, -0.1) is 18.3 Å². The highest BCUT2D eigenvalue weighted by Gasteiger charge is 2.68. The van der Waals surface area contributed by atoms with E-state index in [0.717, 1.165) is 19.3 Å². The lowest BCUT2D eigenvalue weighted by molar-refractivity contribution is -0.205. The number of Topliss-reactive ketones (excluding diaryl/α,β-unsaturated/α-hetero) is 1. The summed E-state index contributed by atoms with van der Waals surface area (Å²) in [6.45, 7) is 20.7. The number of nitrogens with two attached hydrogens (primary N) is 1. The number of nitrogens with one attached hydrogen (secondary N) is 1. The fourth-order valence-corrected chi connectivity index (χ4v) is 8.47. The second-order valence-corrected chi connectivity index (χ2v) is 16.1. The molecule has 246 valence electrons. The average molecular weight is 627 g/mol. The molecule has 0 aromatic carbocycles. The van der Waals surface area contributed by atoms with E-state index in [2.05, 4.69) is 32.7 Å². The van der Waals surface area contributed by atoms with Crippen molar-refractivity contribution in [1.82, 2.24) is 5.32 Å². The monoisotopic (exact) mass is 626 g/mol. The largest absolute Gasteiger partial charge is 0.631 e. The molecule has 3 fully saturated rings. The van der Waals surface area contributed by atoms with Crippen molar-refractivity contribution in [2.45, 2.75) is 110 Å². The van der Waals surface area contributed by atoms with Crippen LogP contribution in [0.25, 0.3) is 0 Å². The summed E-state index contributed by atoms with van der Waals surface area (Å²) in [5, 5.41) is 36.1. The molecule has 9 atom stereocenters. The molecule has 7 N–H and O–H groups in total. The number of hydrogen-bond donors (Lipinski definition) is 6. The Hall–Kier alpha value is -1.44. The number of ether oxygens (including phenoxy) is 1. The van der Waals surface area contributed by atoms with Crippen LogP contribution in [0, 0.1) is 39.9 Å². The Labute approximate surface area is 262 Å². The predicted octanol–water partition coefficient (Wildman–Crippen LogP) is 2.45. The third-order valence-electron chi connectivity index (χ3n) is 10.9. The van der Waals surface area contributed by atoms with Crippen LogP contribution in [0.4, 0.5) is 0 Å². The van der Waals surface area contributed by atoms with Gasteiger partial charge >= 0.3 is 13.3 Å². The molecule has 0 aliphatic heterocycles. The van der Waals surface area contributed by atoms with Gasteiger partial charge in [-0.2, -0.15) is 0 Å². The number of thioether (sulfide) groups is 1. The van der Waals surface area contributed by atoms with Gasteiger partial charge < -0.3 is 36.0 Å². The van der Waals surface area contributed by atoms with E-state index < -0.39 is 41.1 Å². The summed E-state index contributed by atoms with van der Waals surface area (Å²) in [5.41, 5.74) is 4.49. The van der Waals surface area contributed by atoms with Gasteiger partial charge in [-0.25, -0.2) is 0 Å². The van der Waals surface area contributed by atoms with Crippen LogP contribution in [0.1, 0.15) is 87.5 Å². The lowest BCUT2D eigenvalue weighted by Gasteiger charge is -2.61. The normalized spacial score (nSPS) is 36.3. The number of carbonyl (C=O) groups is 3. The molecule has 3 saturated carbocycles. The van der Waals surface area contributed by atoms with Gasteiger partial charge in [0.2, 0.25) is 5.91 Å². The molecule has 0 radical (unpaired) electrons. The maximum absolute atomic E-state index is 13.5. The molecule has 43 heavy (non-hydrogen) atoms. The molecule has 0 unspecified atom stereocenters. The lowest BCUT2D eigenvalue weighted by atomic mass is 9.44. The van der Waals surface area contributed by atoms with Crippen LogP contribution in [0.5, 0.6) is 0 Å². The Morgan fingerprint density at radius 2 is 1.81 bits per heavy atom. The van der Waals surface area contributed by atoms with Crippen LogP contribution in [-0.2, 0) is 19.1 Å². The van der Waals surface area contributed by atoms with E-state index in [9.17, 15) is 19.5 Å². The van der Waals surface area contributed by atoms with Gasteiger partial charge in [0.05, 0.1) is 17.9 Å². The van der Waals surface area contributed by atoms with E-state index in [-0.39, 0.29) is 52.5 Å². The highest BCUT2D eigenvalue weighted by molar-refractivity contribution is 8.01. The van der Waals surface area contributed by atoms with Crippen molar-refractivity contribution < 1.29 is 39.3 Å². The first-order valence-electron chi connectivity index (χ1n) is 15.4. The van der Waals surface area contributed by atoms with Crippen LogP contribution in [0.3, 0.4) is 0 Å². The smallest absolute Gasteiger partial charge is 0.461 e. The fourth-order valence-electron chi connectivity index (χ4n) is 7.72. The minimum absolute atomic E-state index is 0.0382. The predicted molar refractivity (Wildman–Crippen MR) is 169 cm³/mol. The van der Waals surface area contributed by atoms with Gasteiger partial charge in [-0.05, 0) is 62.7 Å². The van der Waals surface area contributed by atoms with Crippen LogP contribution >= 0.6 is 11.8 Å². The van der Waals surface area contributed by atoms with Gasteiger partial charge in [0.1, 0.15) is 11.9 Å². The van der Waals surface area contributed by atoms with Crippen molar-refractivity contribution in [2.75, 3.05) is 12.3 Å². The summed E-state index contributed by atoms with van der Waals surface area (Å²) >= 11 is 1.43. The van der Waals surface area contributed by atoms with Crippen LogP contribution in [0.15, 0.2) is 12.7 Å². The van der Waals surface area contributed by atoms with E-state index in [1.165, 1.54) is 11.8 Å². The van der Waals surface area contributed by atoms with Crippen molar-refractivity contribution in [1.29, 1.82) is 0 Å². The summed E-state index contributed by atoms with van der Waals surface area (Å²) in [6.07, 6.45) is 4.17. The number of amides is 1. The Morgan fingerprint density at radius 3 is 2.35 bits per heavy atom. The average Bonchev–Trinajstić information content (AvgIpc) is 3.28. The molecule has 12 heteroatoms. The zero-order valence-corrected chi connectivity index (χ0v) is 28.1. The van der Waals surface area contributed by atoms with Gasteiger partial charge in [0, 0.05) is 34.5 Å². The Balaban J connectivity index is 0.00000151. The summed E-state index contributed by atoms with van der Waals surface area (Å²) in [5.74, 6) is -0.243. The Morgan fingerprint density at radius 1 is 1.23 bits per heavy atom. The molecule has 0 aromatic heterocycles. The van der Waals surface area contributed by atoms with Gasteiger partial charge in [0.25, 0.3) is 0 Å². The standard InChI is InChI=1S/C31H52N2O5S.BH3O3/c1-10-29(8)15-22(38-23(35)16-39-28(6,7)17-33-27(37)24(32)18(2)3)30(9)19(4)11-13-31(20(5)26(29)36)14-12-21(34)25(30)31;2-1(3)4/h10,18-20,22,24-26,36H,1,11-17,32H2,2-9H3,(H,33,37);2-4H/t19-,20+,22-,24-,25+,26+,29-,30+,31+;/m1./s1. The van der Waals surface area contributed by atoms with Gasteiger partial charge in [-0.3, -0.25) is 14.4 Å². The number of aliphatic hydroxyl groups is 1. The van der Waals surface area contributed by atoms with Crippen molar-refractivity contribution in [3.8, 4) is 0 Å². The molecular formula is C31H55BN2O8S. The van der Waals surface area contributed by atoms with Crippen LogP contribution in [-0.4, -0.2) is 80.5 Å². The number of aliphatic hydroxyl groups excluding tert-OH is 1. The Kier molecular flexibility index (Phi) is 12.6. The first-order valence-corrected chi connectivity index (χ1v) is 16.4. The first kappa shape index (κ1) is 37.8. The van der Waals surface area contributed by atoms with Crippen molar-refractivity contribution in [2.24, 2.45) is 45.7 Å². The van der Waals surface area contributed by atoms with E-state index in [0.29, 0.717) is 19.4 Å². The molecule has 0 spiro atoms. The topological polar surface area (TPSA) is 179 Å². The fraction of sp³-hybridized carbons (Fsp3) is 0.839. The van der Waals surface area contributed by atoms with Crippen LogP contribution < -0.4 is 11.1 Å². The molecule has 2 bridgehead atoms. The molecule has 0 aromatic rings. The van der Waals surface area contributed by atoms with E-state index in [4.69, 9.17) is 25.5 Å². The van der Waals surface area contributed by atoms with Crippen LogP contribution in [0.2, 0.25) is 0 Å². The van der Waals surface area contributed by atoms with Crippen molar-refractivity contribution >= 4 is 36.7 Å². The zero-order chi connectivity index (χ0) is 33.1. The van der Waals surface area contributed by atoms with Crippen molar-refractivity contribution in [3.63, 3.8) is 0 Å². The number of carbonyl (C=O) groups excluding carboxylic acids is 3. The third-order valence-corrected chi connectivity index (χ3v) is 12.2. The van der Waals surface area contributed by atoms with E-state index >= 15 is 0 Å².